The lowest BCUT2D eigenvalue weighted by molar-refractivity contribution is 0.0697. The number of carboxylic acids is 1. The molecular formula is C35H35ClN2O5S. The highest BCUT2D eigenvalue weighted by Crippen LogP contribution is 2.37. The van der Waals surface area contributed by atoms with E-state index < -0.39 is 21.2 Å². The topological polar surface area (TPSA) is 97.6 Å². The van der Waals surface area contributed by atoms with E-state index in [-0.39, 0.29) is 18.2 Å². The van der Waals surface area contributed by atoms with Crippen LogP contribution in [0.3, 0.4) is 0 Å². The number of hydrogen-bond donors (Lipinski definition) is 2. The summed E-state index contributed by atoms with van der Waals surface area (Å²) in [6.07, 6.45) is 0.978. The van der Waals surface area contributed by atoms with E-state index in [1.54, 1.807) is 26.0 Å². The summed E-state index contributed by atoms with van der Waals surface area (Å²) in [5.74, 6) is -0.424. The number of sulfonamides is 1. The zero-order chi connectivity index (χ0) is 31.3. The van der Waals surface area contributed by atoms with Crippen LogP contribution in [0, 0.1) is 0 Å². The normalized spacial score (nSPS) is 11.8. The fourth-order valence-electron chi connectivity index (χ4n) is 5.46. The number of nitrogens with zero attached hydrogens (tertiary/aromatic N) is 1. The molecular weight excluding hydrogens is 596 g/mol. The summed E-state index contributed by atoms with van der Waals surface area (Å²) in [7, 11) is -3.46. The number of ether oxygens (including phenoxy) is 1. The average molecular weight is 631 g/mol. The zero-order valence-corrected chi connectivity index (χ0v) is 26.2. The predicted molar refractivity (Wildman–Crippen MR) is 175 cm³/mol. The SMILES string of the molecule is CC(C)S(=O)(=O)NCCc1c(CCOc2ccc(C(=O)O)cc2)c2ccc(Cl)cc2n1C(c1ccccc1)c1ccccc1. The molecule has 5 rings (SSSR count). The van der Waals surface area contributed by atoms with Gasteiger partial charge in [-0.2, -0.15) is 0 Å². The molecule has 0 saturated heterocycles. The van der Waals surface area contributed by atoms with Gasteiger partial charge in [-0.15, -0.1) is 0 Å². The van der Waals surface area contributed by atoms with Crippen LogP contribution in [0.15, 0.2) is 103 Å². The molecule has 0 radical (unpaired) electrons. The van der Waals surface area contributed by atoms with E-state index in [1.165, 1.54) is 12.1 Å². The molecule has 5 aromatic rings. The molecule has 0 unspecified atom stereocenters. The van der Waals surface area contributed by atoms with Gasteiger partial charge in [0.1, 0.15) is 5.75 Å². The maximum absolute atomic E-state index is 12.7. The van der Waals surface area contributed by atoms with Gasteiger partial charge >= 0.3 is 5.97 Å². The molecule has 0 aliphatic carbocycles. The number of benzene rings is 4. The lowest BCUT2D eigenvalue weighted by Crippen LogP contribution is -2.33. The molecule has 44 heavy (non-hydrogen) atoms. The Balaban J connectivity index is 1.62. The summed E-state index contributed by atoms with van der Waals surface area (Å²) in [5.41, 5.74) is 5.33. The molecule has 0 fully saturated rings. The Kier molecular flexibility index (Phi) is 9.74. The molecule has 4 aromatic carbocycles. The third-order valence-electron chi connectivity index (χ3n) is 7.68. The Morgan fingerprint density at radius 3 is 2.07 bits per heavy atom. The van der Waals surface area contributed by atoms with Crippen LogP contribution in [0.2, 0.25) is 5.02 Å². The van der Waals surface area contributed by atoms with Crippen LogP contribution >= 0.6 is 11.6 Å². The lowest BCUT2D eigenvalue weighted by Gasteiger charge is -2.25. The van der Waals surface area contributed by atoms with Crippen molar-refractivity contribution in [1.29, 1.82) is 0 Å². The highest BCUT2D eigenvalue weighted by atomic mass is 35.5. The summed E-state index contributed by atoms with van der Waals surface area (Å²) in [6, 6.07) is 32.4. The molecule has 1 heterocycles. The first-order chi connectivity index (χ1) is 21.2. The lowest BCUT2D eigenvalue weighted by atomic mass is 9.97. The number of carbonyl (C=O) groups is 1. The van der Waals surface area contributed by atoms with Gasteiger partial charge in [-0.05, 0) is 66.9 Å². The van der Waals surface area contributed by atoms with Crippen LogP contribution in [0.25, 0.3) is 10.9 Å². The van der Waals surface area contributed by atoms with Crippen molar-refractivity contribution in [3.63, 3.8) is 0 Å². The number of aromatic carboxylic acids is 1. The van der Waals surface area contributed by atoms with Crippen molar-refractivity contribution < 1.29 is 23.1 Å². The molecule has 7 nitrogen and oxygen atoms in total. The maximum Gasteiger partial charge on any atom is 0.335 e. The number of hydrogen-bond acceptors (Lipinski definition) is 4. The highest BCUT2D eigenvalue weighted by molar-refractivity contribution is 7.90. The van der Waals surface area contributed by atoms with Crippen molar-refractivity contribution in [3.05, 3.63) is 136 Å². The molecule has 228 valence electrons. The smallest absolute Gasteiger partial charge is 0.335 e. The standard InChI is InChI=1S/C35H35ClN2O5S/c1-24(2)44(41,42)37-21-19-32-31(20-22-43-29-16-13-27(14-17-29)35(39)40)30-18-15-28(36)23-33(30)38(32)34(25-9-5-3-6-10-25)26-11-7-4-8-12-26/h3-18,23-24,34,37H,19-22H2,1-2H3,(H,39,40). The van der Waals surface area contributed by atoms with Crippen LogP contribution in [-0.4, -0.2) is 42.5 Å². The Morgan fingerprint density at radius 1 is 0.886 bits per heavy atom. The van der Waals surface area contributed by atoms with Crippen molar-refractivity contribution in [2.75, 3.05) is 13.2 Å². The number of carboxylic acid groups (broad SMARTS) is 1. The largest absolute Gasteiger partial charge is 0.493 e. The quantitative estimate of drug-likeness (QED) is 0.144. The van der Waals surface area contributed by atoms with Crippen molar-refractivity contribution in [1.82, 2.24) is 9.29 Å². The minimum absolute atomic E-state index is 0.191. The number of rotatable bonds is 13. The van der Waals surface area contributed by atoms with E-state index >= 15 is 0 Å². The summed E-state index contributed by atoms with van der Waals surface area (Å²) < 4.78 is 36.5. The summed E-state index contributed by atoms with van der Waals surface area (Å²) >= 11 is 6.60. The number of aromatic nitrogens is 1. The molecule has 0 aliphatic rings. The molecule has 0 saturated carbocycles. The third-order valence-corrected chi connectivity index (χ3v) is 9.76. The van der Waals surface area contributed by atoms with Crippen LogP contribution in [0.5, 0.6) is 5.75 Å². The summed E-state index contributed by atoms with van der Waals surface area (Å²) in [5, 5.41) is 10.3. The van der Waals surface area contributed by atoms with Crippen LogP contribution in [-0.2, 0) is 22.9 Å². The minimum Gasteiger partial charge on any atom is -0.493 e. The van der Waals surface area contributed by atoms with Gasteiger partial charge < -0.3 is 14.4 Å². The average Bonchev–Trinajstić information content (AvgIpc) is 3.30. The molecule has 0 amide bonds. The van der Waals surface area contributed by atoms with Gasteiger partial charge in [0.05, 0.1) is 29.0 Å². The van der Waals surface area contributed by atoms with Gasteiger partial charge in [-0.1, -0.05) is 78.3 Å². The summed E-state index contributed by atoms with van der Waals surface area (Å²) in [4.78, 5) is 11.2. The number of fused-ring (bicyclic) bond motifs is 1. The highest BCUT2D eigenvalue weighted by Gasteiger charge is 2.26. The second kappa shape index (κ2) is 13.7. The van der Waals surface area contributed by atoms with Gasteiger partial charge in [0.15, 0.2) is 0 Å². The van der Waals surface area contributed by atoms with Crippen molar-refractivity contribution in [3.8, 4) is 5.75 Å². The molecule has 0 spiro atoms. The van der Waals surface area contributed by atoms with E-state index in [0.717, 1.165) is 33.3 Å². The molecule has 0 atom stereocenters. The Morgan fingerprint density at radius 2 is 1.50 bits per heavy atom. The number of halogens is 1. The first-order valence-electron chi connectivity index (χ1n) is 14.5. The van der Waals surface area contributed by atoms with E-state index in [9.17, 15) is 18.3 Å². The van der Waals surface area contributed by atoms with Crippen molar-refractivity contribution >= 4 is 38.5 Å². The fourth-order valence-corrected chi connectivity index (χ4v) is 6.34. The first-order valence-corrected chi connectivity index (χ1v) is 16.4. The predicted octanol–water partition coefficient (Wildman–Crippen LogP) is 7.12. The van der Waals surface area contributed by atoms with Crippen molar-refractivity contribution in [2.24, 2.45) is 0 Å². The van der Waals surface area contributed by atoms with Gasteiger partial charge in [0.2, 0.25) is 10.0 Å². The monoisotopic (exact) mass is 630 g/mol. The maximum atomic E-state index is 12.7. The number of nitrogens with one attached hydrogen (secondary N) is 1. The van der Waals surface area contributed by atoms with E-state index in [1.807, 2.05) is 54.6 Å². The minimum atomic E-state index is -3.46. The third kappa shape index (κ3) is 6.99. The first kappa shape index (κ1) is 31.3. The Labute approximate surface area is 263 Å². The molecule has 0 bridgehead atoms. The van der Waals surface area contributed by atoms with E-state index in [0.29, 0.717) is 30.2 Å². The second-order valence-corrected chi connectivity index (χ2v) is 13.6. The van der Waals surface area contributed by atoms with E-state index in [4.69, 9.17) is 16.3 Å². The van der Waals surface area contributed by atoms with Gasteiger partial charge in [-0.25, -0.2) is 17.9 Å². The van der Waals surface area contributed by atoms with Crippen LogP contribution in [0.1, 0.15) is 52.6 Å². The van der Waals surface area contributed by atoms with Gasteiger partial charge in [0, 0.05) is 35.5 Å². The molecule has 0 aliphatic heterocycles. The molecule has 9 heteroatoms. The fraction of sp³-hybridized carbons (Fsp3) is 0.229. The Bertz CT molecular complexity index is 1800. The van der Waals surface area contributed by atoms with Gasteiger partial charge in [0.25, 0.3) is 0 Å². The van der Waals surface area contributed by atoms with Crippen LogP contribution < -0.4 is 9.46 Å². The van der Waals surface area contributed by atoms with E-state index in [2.05, 4.69) is 33.6 Å². The van der Waals surface area contributed by atoms with Crippen molar-refractivity contribution in [2.45, 2.75) is 38.0 Å². The summed E-state index contributed by atoms with van der Waals surface area (Å²) in [6.45, 7) is 3.88. The van der Waals surface area contributed by atoms with Crippen LogP contribution in [0.4, 0.5) is 0 Å². The Hall–Kier alpha value is -4.11. The molecule has 1 aromatic heterocycles. The zero-order valence-electron chi connectivity index (χ0n) is 24.6. The second-order valence-electron chi connectivity index (χ2n) is 10.8. The molecule has 2 N–H and O–H groups in total. The van der Waals surface area contributed by atoms with Gasteiger partial charge in [-0.3, -0.25) is 0 Å².